The lowest BCUT2D eigenvalue weighted by Crippen LogP contribution is -2.39. The maximum absolute atomic E-state index is 12.7. The molecular formula is C20H22N4O4. The number of amides is 2. The van der Waals surface area contributed by atoms with Crippen molar-refractivity contribution >= 4 is 6.03 Å². The van der Waals surface area contributed by atoms with Gasteiger partial charge in [0.25, 0.3) is 0 Å². The summed E-state index contributed by atoms with van der Waals surface area (Å²) in [5, 5.41) is 11.0. The van der Waals surface area contributed by atoms with Crippen LogP contribution < -0.4 is 10.1 Å². The van der Waals surface area contributed by atoms with Gasteiger partial charge in [-0.25, -0.2) is 4.79 Å². The first-order chi connectivity index (χ1) is 13.6. The van der Waals surface area contributed by atoms with E-state index in [-0.39, 0.29) is 18.6 Å². The first kappa shape index (κ1) is 18.1. The van der Waals surface area contributed by atoms with Gasteiger partial charge in [0.1, 0.15) is 22.9 Å². The number of carbonyl (C=O) groups is 1. The van der Waals surface area contributed by atoms with E-state index in [1.54, 1.807) is 12.0 Å². The van der Waals surface area contributed by atoms with Crippen molar-refractivity contribution in [2.75, 3.05) is 13.7 Å². The molecule has 3 aromatic rings. The topological polar surface area (TPSA) is 93.6 Å². The molecule has 1 saturated heterocycles. The van der Waals surface area contributed by atoms with Crippen LogP contribution in [0.5, 0.6) is 5.75 Å². The second-order valence-electron chi connectivity index (χ2n) is 6.79. The van der Waals surface area contributed by atoms with Gasteiger partial charge in [-0.1, -0.05) is 22.4 Å². The molecule has 1 fully saturated rings. The zero-order valence-corrected chi connectivity index (χ0v) is 15.8. The Labute approximate surface area is 162 Å². The lowest BCUT2D eigenvalue weighted by atomic mass is 10.1. The molecule has 0 saturated carbocycles. The smallest absolute Gasteiger partial charge is 0.318 e. The first-order valence-electron chi connectivity index (χ1n) is 9.22. The van der Waals surface area contributed by atoms with Gasteiger partial charge in [0.05, 0.1) is 19.7 Å². The Balaban J connectivity index is 1.39. The van der Waals surface area contributed by atoms with Gasteiger partial charge < -0.3 is 24.0 Å². The van der Waals surface area contributed by atoms with E-state index in [0.29, 0.717) is 18.0 Å². The van der Waals surface area contributed by atoms with Crippen molar-refractivity contribution in [3.8, 4) is 17.1 Å². The highest BCUT2D eigenvalue weighted by atomic mass is 16.5. The molecule has 2 amide bonds. The van der Waals surface area contributed by atoms with Crippen molar-refractivity contribution in [1.82, 2.24) is 20.5 Å². The van der Waals surface area contributed by atoms with Crippen LogP contribution in [0.3, 0.4) is 0 Å². The quantitative estimate of drug-likeness (QED) is 0.723. The molecule has 1 aliphatic heterocycles. The van der Waals surface area contributed by atoms with Gasteiger partial charge in [0, 0.05) is 24.2 Å². The number of aryl methyl sites for hydroxylation is 1. The Hall–Kier alpha value is -3.29. The summed E-state index contributed by atoms with van der Waals surface area (Å²) in [7, 11) is 1.62. The van der Waals surface area contributed by atoms with Crippen molar-refractivity contribution in [3.05, 3.63) is 53.5 Å². The van der Waals surface area contributed by atoms with Crippen molar-refractivity contribution in [3.63, 3.8) is 0 Å². The number of urea groups is 1. The molecule has 3 heterocycles. The highest BCUT2D eigenvalue weighted by molar-refractivity contribution is 5.75. The van der Waals surface area contributed by atoms with Crippen molar-refractivity contribution in [2.24, 2.45) is 0 Å². The Kier molecular flexibility index (Phi) is 5.01. The van der Waals surface area contributed by atoms with Crippen LogP contribution in [0.4, 0.5) is 4.79 Å². The molecule has 0 bridgehead atoms. The minimum atomic E-state index is -0.144. The van der Waals surface area contributed by atoms with Crippen LogP contribution >= 0.6 is 0 Å². The van der Waals surface area contributed by atoms with Gasteiger partial charge in [-0.15, -0.1) is 0 Å². The van der Waals surface area contributed by atoms with E-state index in [2.05, 4.69) is 15.6 Å². The predicted molar refractivity (Wildman–Crippen MR) is 101 cm³/mol. The molecule has 8 heteroatoms. The summed E-state index contributed by atoms with van der Waals surface area (Å²) < 4.78 is 15.8. The van der Waals surface area contributed by atoms with Gasteiger partial charge in [0.2, 0.25) is 0 Å². The molecular weight excluding hydrogens is 360 g/mol. The number of hydrogen-bond donors (Lipinski definition) is 1. The van der Waals surface area contributed by atoms with Crippen LogP contribution in [0.1, 0.15) is 36.0 Å². The monoisotopic (exact) mass is 382 g/mol. The molecule has 0 aliphatic carbocycles. The third-order valence-corrected chi connectivity index (χ3v) is 4.84. The van der Waals surface area contributed by atoms with E-state index in [1.165, 1.54) is 0 Å². The molecule has 0 unspecified atom stereocenters. The van der Waals surface area contributed by atoms with E-state index in [1.807, 2.05) is 43.3 Å². The SMILES string of the molecule is COc1cccc(-c2cc(CNC(=O)N3CCC[C@H]3c3cc(C)on3)no2)c1. The number of nitrogens with one attached hydrogen (secondary N) is 1. The fourth-order valence-electron chi connectivity index (χ4n) is 3.44. The average Bonchev–Trinajstić information content (AvgIpc) is 3.46. The molecule has 1 atom stereocenters. The Bertz CT molecular complexity index is 965. The van der Waals surface area contributed by atoms with E-state index in [0.717, 1.165) is 35.6 Å². The standard InChI is InChI=1S/C20H22N4O4/c1-13-9-17(23-27-13)18-7-4-8-24(18)20(25)21-12-15-11-19(28-22-15)14-5-3-6-16(10-14)26-2/h3,5-6,9-11,18H,4,7-8,12H2,1-2H3,(H,21,25)/t18-/m0/s1. The molecule has 28 heavy (non-hydrogen) atoms. The van der Waals surface area contributed by atoms with Crippen LogP contribution in [0.2, 0.25) is 0 Å². The molecule has 0 radical (unpaired) electrons. The number of methoxy groups -OCH3 is 1. The summed E-state index contributed by atoms with van der Waals surface area (Å²) in [5.41, 5.74) is 2.32. The summed E-state index contributed by atoms with van der Waals surface area (Å²) in [6.45, 7) is 2.82. The highest BCUT2D eigenvalue weighted by Crippen LogP contribution is 2.31. The number of benzene rings is 1. The van der Waals surface area contributed by atoms with Crippen LogP contribution in [0, 0.1) is 6.92 Å². The zero-order valence-electron chi connectivity index (χ0n) is 15.8. The van der Waals surface area contributed by atoms with E-state index >= 15 is 0 Å². The van der Waals surface area contributed by atoms with Gasteiger partial charge in [0.15, 0.2) is 5.76 Å². The molecule has 146 valence electrons. The summed E-state index contributed by atoms with van der Waals surface area (Å²) in [4.78, 5) is 14.4. The maximum atomic E-state index is 12.7. The molecule has 1 aliphatic rings. The van der Waals surface area contributed by atoms with Gasteiger partial charge >= 0.3 is 6.03 Å². The minimum Gasteiger partial charge on any atom is -0.497 e. The third-order valence-electron chi connectivity index (χ3n) is 4.84. The Morgan fingerprint density at radius 2 is 2.18 bits per heavy atom. The Morgan fingerprint density at radius 1 is 1.29 bits per heavy atom. The molecule has 2 aromatic heterocycles. The van der Waals surface area contributed by atoms with Crippen LogP contribution in [0.15, 0.2) is 45.4 Å². The third kappa shape index (κ3) is 3.71. The predicted octanol–water partition coefficient (Wildman–Crippen LogP) is 3.69. The average molecular weight is 382 g/mol. The van der Waals surface area contributed by atoms with Crippen LogP contribution in [0.25, 0.3) is 11.3 Å². The number of rotatable bonds is 5. The number of aromatic nitrogens is 2. The van der Waals surface area contributed by atoms with Crippen molar-refractivity contribution in [2.45, 2.75) is 32.4 Å². The van der Waals surface area contributed by atoms with E-state index < -0.39 is 0 Å². The number of nitrogens with zero attached hydrogens (tertiary/aromatic N) is 3. The van der Waals surface area contributed by atoms with Gasteiger partial charge in [-0.3, -0.25) is 0 Å². The normalized spacial score (nSPS) is 16.4. The second kappa shape index (κ2) is 7.75. The van der Waals surface area contributed by atoms with E-state index in [9.17, 15) is 4.79 Å². The van der Waals surface area contributed by atoms with E-state index in [4.69, 9.17) is 13.8 Å². The first-order valence-corrected chi connectivity index (χ1v) is 9.22. The number of likely N-dealkylation sites (tertiary alicyclic amines) is 1. The highest BCUT2D eigenvalue weighted by Gasteiger charge is 2.32. The maximum Gasteiger partial charge on any atom is 0.318 e. The fraction of sp³-hybridized carbons (Fsp3) is 0.350. The van der Waals surface area contributed by atoms with Gasteiger partial charge in [-0.2, -0.15) is 0 Å². The van der Waals surface area contributed by atoms with Gasteiger partial charge in [-0.05, 0) is 31.9 Å². The zero-order chi connectivity index (χ0) is 19.5. The summed E-state index contributed by atoms with van der Waals surface area (Å²) in [6.07, 6.45) is 1.82. The molecule has 1 aromatic carbocycles. The Morgan fingerprint density at radius 3 is 2.96 bits per heavy atom. The lowest BCUT2D eigenvalue weighted by Gasteiger charge is -2.23. The minimum absolute atomic E-state index is 0.0536. The molecule has 0 spiro atoms. The van der Waals surface area contributed by atoms with Crippen molar-refractivity contribution in [1.29, 1.82) is 0 Å². The van der Waals surface area contributed by atoms with Crippen molar-refractivity contribution < 1.29 is 18.6 Å². The summed E-state index contributed by atoms with van der Waals surface area (Å²) in [6, 6.07) is 11.0. The molecule has 1 N–H and O–H groups in total. The number of ether oxygens (including phenoxy) is 1. The fourth-order valence-corrected chi connectivity index (χ4v) is 3.44. The number of carbonyl (C=O) groups excluding carboxylic acids is 1. The largest absolute Gasteiger partial charge is 0.497 e. The summed E-state index contributed by atoms with van der Waals surface area (Å²) in [5.74, 6) is 2.11. The summed E-state index contributed by atoms with van der Waals surface area (Å²) >= 11 is 0. The second-order valence-corrected chi connectivity index (χ2v) is 6.79. The molecule has 4 rings (SSSR count). The lowest BCUT2D eigenvalue weighted by molar-refractivity contribution is 0.190. The van der Waals surface area contributed by atoms with Crippen LogP contribution in [-0.2, 0) is 6.54 Å². The number of hydrogen-bond acceptors (Lipinski definition) is 6. The molecule has 8 nitrogen and oxygen atoms in total. The van der Waals surface area contributed by atoms with Crippen LogP contribution in [-0.4, -0.2) is 34.9 Å².